The number of aryl methyl sites for hydroxylation is 1. The molecule has 0 saturated carbocycles. The number of benzene rings is 2. The second-order valence-corrected chi connectivity index (χ2v) is 6.29. The van der Waals surface area contributed by atoms with Crippen LogP contribution < -0.4 is 5.32 Å². The van der Waals surface area contributed by atoms with Crippen LogP contribution in [0, 0.1) is 6.92 Å². The maximum absolute atomic E-state index is 12.5. The number of carbonyl (C=O) groups is 1. The van der Waals surface area contributed by atoms with Crippen molar-refractivity contribution in [1.82, 2.24) is 9.88 Å². The van der Waals surface area contributed by atoms with Crippen molar-refractivity contribution < 1.29 is 4.79 Å². The van der Waals surface area contributed by atoms with Gasteiger partial charge in [-0.05, 0) is 42.2 Å². The summed E-state index contributed by atoms with van der Waals surface area (Å²) in [5.41, 5.74) is 3.64. The van der Waals surface area contributed by atoms with E-state index >= 15 is 0 Å². The van der Waals surface area contributed by atoms with E-state index in [4.69, 9.17) is 0 Å². The quantitative estimate of drug-likeness (QED) is 0.693. The lowest BCUT2D eigenvalue weighted by molar-refractivity contribution is -0.121. The van der Waals surface area contributed by atoms with Crippen molar-refractivity contribution >= 4 is 5.91 Å². The number of hydrogen-bond acceptors (Lipinski definition) is 1. The molecule has 0 radical (unpaired) electrons. The van der Waals surface area contributed by atoms with Crippen molar-refractivity contribution in [3.05, 3.63) is 95.8 Å². The summed E-state index contributed by atoms with van der Waals surface area (Å²) < 4.78 is 2.11. The molecule has 0 fully saturated rings. The third kappa shape index (κ3) is 4.60. The summed E-state index contributed by atoms with van der Waals surface area (Å²) in [4.78, 5) is 12.5. The van der Waals surface area contributed by atoms with E-state index in [1.807, 2.05) is 54.9 Å². The summed E-state index contributed by atoms with van der Waals surface area (Å²) in [7, 11) is 0. The van der Waals surface area contributed by atoms with Gasteiger partial charge in [0.25, 0.3) is 0 Å². The summed E-state index contributed by atoms with van der Waals surface area (Å²) in [6.07, 6.45) is 5.34. The first kappa shape index (κ1) is 17.0. The third-order valence-electron chi connectivity index (χ3n) is 4.49. The number of nitrogens with one attached hydrogen (secondary N) is 1. The molecule has 0 spiro atoms. The predicted molar refractivity (Wildman–Crippen MR) is 102 cm³/mol. The molecular formula is C22H24N2O. The minimum atomic E-state index is 0.0212. The van der Waals surface area contributed by atoms with Gasteiger partial charge >= 0.3 is 0 Å². The van der Waals surface area contributed by atoms with E-state index in [-0.39, 0.29) is 11.9 Å². The molecule has 3 heteroatoms. The van der Waals surface area contributed by atoms with Crippen LogP contribution in [-0.2, 0) is 11.2 Å². The van der Waals surface area contributed by atoms with Crippen molar-refractivity contribution in [2.24, 2.45) is 0 Å². The van der Waals surface area contributed by atoms with Crippen molar-refractivity contribution in [2.45, 2.75) is 25.8 Å². The molecule has 1 aromatic heterocycles. The van der Waals surface area contributed by atoms with E-state index < -0.39 is 0 Å². The molecule has 0 aliphatic carbocycles. The van der Waals surface area contributed by atoms with Crippen LogP contribution in [-0.4, -0.2) is 17.0 Å². The van der Waals surface area contributed by atoms with Gasteiger partial charge in [0, 0.05) is 18.9 Å². The highest BCUT2D eigenvalue weighted by molar-refractivity contribution is 5.77. The summed E-state index contributed by atoms with van der Waals surface area (Å²) in [5.74, 6) is 0.0814. The molecule has 0 aliphatic heterocycles. The summed E-state index contributed by atoms with van der Waals surface area (Å²) >= 11 is 0. The SMILES string of the molecule is Cc1ccccc1[C@@H](CC(=O)NCCc1ccccc1)n1cccc1. The maximum atomic E-state index is 12.5. The second-order valence-electron chi connectivity index (χ2n) is 6.29. The highest BCUT2D eigenvalue weighted by Gasteiger charge is 2.18. The van der Waals surface area contributed by atoms with Gasteiger partial charge in [0.1, 0.15) is 0 Å². The zero-order chi connectivity index (χ0) is 17.5. The van der Waals surface area contributed by atoms with E-state index in [2.05, 4.69) is 41.1 Å². The first-order valence-corrected chi connectivity index (χ1v) is 8.72. The Morgan fingerprint density at radius 2 is 1.64 bits per heavy atom. The van der Waals surface area contributed by atoms with Crippen LogP contribution in [0.4, 0.5) is 0 Å². The Kier molecular flexibility index (Phi) is 5.68. The first-order chi connectivity index (χ1) is 12.2. The Balaban J connectivity index is 1.64. The van der Waals surface area contributed by atoms with E-state index in [0.29, 0.717) is 13.0 Å². The van der Waals surface area contributed by atoms with Gasteiger partial charge in [0.15, 0.2) is 0 Å². The van der Waals surface area contributed by atoms with Crippen LogP contribution in [0.1, 0.15) is 29.2 Å². The normalized spacial score (nSPS) is 11.9. The fraction of sp³-hybridized carbons (Fsp3) is 0.227. The topological polar surface area (TPSA) is 34.0 Å². The fourth-order valence-electron chi connectivity index (χ4n) is 3.13. The third-order valence-corrected chi connectivity index (χ3v) is 4.49. The van der Waals surface area contributed by atoms with Crippen molar-refractivity contribution in [1.29, 1.82) is 0 Å². The second kappa shape index (κ2) is 8.34. The highest BCUT2D eigenvalue weighted by atomic mass is 16.1. The molecule has 1 N–H and O–H groups in total. The van der Waals surface area contributed by atoms with Crippen LogP contribution in [0.25, 0.3) is 0 Å². The molecule has 128 valence electrons. The number of carbonyl (C=O) groups excluding carboxylic acids is 1. The van der Waals surface area contributed by atoms with Crippen LogP contribution in [0.15, 0.2) is 79.1 Å². The minimum absolute atomic E-state index is 0.0212. The lowest BCUT2D eigenvalue weighted by atomic mass is 9.98. The largest absolute Gasteiger partial charge is 0.356 e. The fourth-order valence-corrected chi connectivity index (χ4v) is 3.13. The zero-order valence-corrected chi connectivity index (χ0v) is 14.6. The molecule has 1 amide bonds. The smallest absolute Gasteiger partial charge is 0.222 e. The summed E-state index contributed by atoms with van der Waals surface area (Å²) in [5, 5.41) is 3.06. The van der Waals surface area contributed by atoms with Gasteiger partial charge in [-0.3, -0.25) is 4.79 Å². The maximum Gasteiger partial charge on any atom is 0.222 e. The molecule has 3 rings (SSSR count). The predicted octanol–water partition coefficient (Wildman–Crippen LogP) is 4.13. The van der Waals surface area contributed by atoms with Crippen molar-refractivity contribution in [3.8, 4) is 0 Å². The molecule has 3 nitrogen and oxygen atoms in total. The number of amides is 1. The lowest BCUT2D eigenvalue weighted by Crippen LogP contribution is -2.28. The molecule has 1 heterocycles. The Morgan fingerprint density at radius 3 is 2.36 bits per heavy atom. The van der Waals surface area contributed by atoms with Gasteiger partial charge in [0.05, 0.1) is 12.5 Å². The number of aromatic nitrogens is 1. The average molecular weight is 332 g/mol. The average Bonchev–Trinajstić information content (AvgIpc) is 3.16. The number of rotatable bonds is 7. The standard InChI is InChI=1S/C22H24N2O/c1-18-9-5-6-12-20(18)21(24-15-7-8-16-24)17-22(25)23-14-13-19-10-3-2-4-11-19/h2-12,15-16,21H,13-14,17H2,1H3,(H,23,25)/t21-/m1/s1. The Hall–Kier alpha value is -2.81. The molecular weight excluding hydrogens is 308 g/mol. The molecule has 0 bridgehead atoms. The molecule has 0 unspecified atom stereocenters. The van der Waals surface area contributed by atoms with Gasteiger partial charge < -0.3 is 9.88 Å². The van der Waals surface area contributed by atoms with Crippen LogP contribution >= 0.6 is 0 Å². The van der Waals surface area contributed by atoms with Crippen LogP contribution in [0.5, 0.6) is 0 Å². The monoisotopic (exact) mass is 332 g/mol. The van der Waals surface area contributed by atoms with E-state index in [9.17, 15) is 4.79 Å². The van der Waals surface area contributed by atoms with Crippen LogP contribution in [0.2, 0.25) is 0 Å². The van der Waals surface area contributed by atoms with E-state index in [1.165, 1.54) is 16.7 Å². The molecule has 0 aliphatic rings. The minimum Gasteiger partial charge on any atom is -0.356 e. The van der Waals surface area contributed by atoms with E-state index in [1.54, 1.807) is 0 Å². The lowest BCUT2D eigenvalue weighted by Gasteiger charge is -2.21. The zero-order valence-electron chi connectivity index (χ0n) is 14.6. The number of hydrogen-bond donors (Lipinski definition) is 1. The van der Waals surface area contributed by atoms with Gasteiger partial charge in [-0.2, -0.15) is 0 Å². The van der Waals surface area contributed by atoms with Crippen LogP contribution in [0.3, 0.4) is 0 Å². The Labute approximate surface area is 149 Å². The number of nitrogens with zero attached hydrogens (tertiary/aromatic N) is 1. The Morgan fingerprint density at radius 1 is 0.960 bits per heavy atom. The molecule has 25 heavy (non-hydrogen) atoms. The van der Waals surface area contributed by atoms with Gasteiger partial charge in [-0.25, -0.2) is 0 Å². The van der Waals surface area contributed by atoms with Gasteiger partial charge in [-0.1, -0.05) is 54.6 Å². The van der Waals surface area contributed by atoms with Gasteiger partial charge in [-0.15, -0.1) is 0 Å². The summed E-state index contributed by atoms with van der Waals surface area (Å²) in [6, 6.07) is 22.5. The van der Waals surface area contributed by atoms with Crippen molar-refractivity contribution in [2.75, 3.05) is 6.54 Å². The molecule has 2 aromatic carbocycles. The highest BCUT2D eigenvalue weighted by Crippen LogP contribution is 2.25. The Bertz CT molecular complexity index is 794. The first-order valence-electron chi connectivity index (χ1n) is 8.72. The molecule has 0 saturated heterocycles. The summed E-state index contributed by atoms with van der Waals surface area (Å²) in [6.45, 7) is 2.76. The van der Waals surface area contributed by atoms with E-state index in [0.717, 1.165) is 6.42 Å². The molecule has 3 aromatic rings. The van der Waals surface area contributed by atoms with Gasteiger partial charge in [0.2, 0.25) is 5.91 Å². The molecule has 1 atom stereocenters. The van der Waals surface area contributed by atoms with Crippen molar-refractivity contribution in [3.63, 3.8) is 0 Å².